The molecule has 0 aromatic heterocycles. The second-order valence-corrected chi connectivity index (χ2v) is 1.82. The maximum atomic E-state index is 4.94. The fourth-order valence-electron chi connectivity index (χ4n) is 0.672. The van der Waals surface area contributed by atoms with Crippen molar-refractivity contribution in [2.45, 2.75) is 0 Å². The van der Waals surface area contributed by atoms with Gasteiger partial charge in [-0.25, -0.2) is 0 Å². The van der Waals surface area contributed by atoms with Crippen LogP contribution in [0.3, 0.4) is 0 Å². The Labute approximate surface area is 91.8 Å². The van der Waals surface area contributed by atoms with Gasteiger partial charge >= 0.3 is 0 Å². The smallest absolute Gasteiger partial charge is 0.119 e. The Morgan fingerprint density at radius 2 is 1.55 bits per heavy atom. The quantitative estimate of drug-likeness (QED) is 0.716. The first kappa shape index (κ1) is 10.9. The van der Waals surface area contributed by atoms with Gasteiger partial charge in [-0.05, 0) is 24.3 Å². The molecule has 0 spiro atoms. The van der Waals surface area contributed by atoms with E-state index >= 15 is 0 Å². The molecule has 0 aliphatic carbocycles. The maximum Gasteiger partial charge on any atom is 0.119 e. The Morgan fingerprint density at radius 1 is 1.09 bits per heavy atom. The summed E-state index contributed by atoms with van der Waals surface area (Å²) in [5.74, 6) is 1.56. The van der Waals surface area contributed by atoms with Gasteiger partial charge in [-0.3, -0.25) is 0 Å². The number of benzene rings is 1. The van der Waals surface area contributed by atoms with Gasteiger partial charge in [0, 0.05) is 32.7 Å². The Morgan fingerprint density at radius 3 is 1.91 bits per heavy atom. The van der Waals surface area contributed by atoms with Crippen LogP contribution in [0.15, 0.2) is 24.3 Å². The van der Waals surface area contributed by atoms with Crippen LogP contribution in [0.4, 0.5) is 0 Å². The molecule has 1 radical (unpaired) electrons. The fourth-order valence-corrected chi connectivity index (χ4v) is 0.672. The molecule has 1 rings (SSSR count). The summed E-state index contributed by atoms with van der Waals surface area (Å²) in [6.45, 7) is 0. The summed E-state index contributed by atoms with van der Waals surface area (Å²) in [6, 6.07) is 7.23. The van der Waals surface area contributed by atoms with Gasteiger partial charge in [0.05, 0.1) is 12.9 Å². The van der Waals surface area contributed by atoms with Gasteiger partial charge in [0.15, 0.2) is 0 Å². The third-order valence-electron chi connectivity index (χ3n) is 1.23. The topological polar surface area (TPSA) is 18.5 Å². The third-order valence-corrected chi connectivity index (χ3v) is 1.23. The molecule has 57 valence electrons. The van der Waals surface area contributed by atoms with Gasteiger partial charge in [-0.15, -0.1) is 0 Å². The molecule has 3 heteroatoms. The van der Waals surface area contributed by atoms with Crippen molar-refractivity contribution in [3.8, 4) is 11.5 Å². The monoisotopic (exact) mass is 226 g/mol. The molecule has 0 saturated heterocycles. The van der Waals surface area contributed by atoms with Crippen LogP contribution in [0.5, 0.6) is 11.5 Å². The molecule has 0 N–H and O–H groups in total. The minimum absolute atomic E-state index is 0. The molecule has 0 aliphatic rings. The molecule has 0 saturated carbocycles. The van der Waals surface area contributed by atoms with Crippen LogP contribution in [-0.2, 0) is 32.7 Å². The molecule has 1 aromatic rings. The van der Waals surface area contributed by atoms with Crippen LogP contribution < -0.4 is 9.47 Å². The Balaban J connectivity index is 0.000001000. The molecule has 11 heavy (non-hydrogen) atoms. The van der Waals surface area contributed by atoms with Crippen LogP contribution in [0.25, 0.3) is 0 Å². The molecule has 0 bridgehead atoms. The zero-order chi connectivity index (χ0) is 7.40. The molecule has 0 aliphatic heterocycles. The SMILES string of the molecule is [CH2-]Oc1ccc(OC)cc1.[Y]. The van der Waals surface area contributed by atoms with E-state index in [2.05, 4.69) is 7.11 Å². The van der Waals surface area contributed by atoms with Crippen LogP contribution >= 0.6 is 0 Å². The number of hydrogen-bond donors (Lipinski definition) is 0. The normalized spacial score (nSPS) is 8.18. The number of hydrogen-bond acceptors (Lipinski definition) is 2. The molecule has 1 aromatic carbocycles. The molecule has 0 fully saturated rings. The largest absolute Gasteiger partial charge is 0.665 e. The van der Waals surface area contributed by atoms with E-state index in [0.29, 0.717) is 0 Å². The first-order valence-electron chi connectivity index (χ1n) is 2.93. The van der Waals surface area contributed by atoms with Crippen molar-refractivity contribution in [1.29, 1.82) is 0 Å². The summed E-state index contributed by atoms with van der Waals surface area (Å²) >= 11 is 0. The average molecular weight is 226 g/mol. The van der Waals surface area contributed by atoms with Crippen LogP contribution in [0.1, 0.15) is 0 Å². The minimum atomic E-state index is 0. The summed E-state index contributed by atoms with van der Waals surface area (Å²) < 4.78 is 9.65. The van der Waals surface area contributed by atoms with E-state index in [1.807, 2.05) is 12.1 Å². The predicted molar refractivity (Wildman–Crippen MR) is 39.0 cm³/mol. The van der Waals surface area contributed by atoms with Gasteiger partial charge in [-0.2, -0.15) is 7.11 Å². The predicted octanol–water partition coefficient (Wildman–Crippen LogP) is 1.86. The van der Waals surface area contributed by atoms with Crippen LogP contribution in [0.2, 0.25) is 0 Å². The van der Waals surface area contributed by atoms with Crippen molar-refractivity contribution in [3.05, 3.63) is 31.4 Å². The third kappa shape index (κ3) is 3.21. The number of ether oxygens (including phenoxy) is 2. The second-order valence-electron chi connectivity index (χ2n) is 1.82. The van der Waals surface area contributed by atoms with Crippen molar-refractivity contribution in [3.63, 3.8) is 0 Å². The molecule has 2 nitrogen and oxygen atoms in total. The van der Waals surface area contributed by atoms with Gasteiger partial charge in [0.1, 0.15) is 5.75 Å². The van der Waals surface area contributed by atoms with E-state index in [0.717, 1.165) is 11.5 Å². The summed E-state index contributed by atoms with van der Waals surface area (Å²) in [7, 11) is 4.90. The zero-order valence-corrected chi connectivity index (χ0v) is 9.25. The summed E-state index contributed by atoms with van der Waals surface area (Å²) in [6.07, 6.45) is 0. The second kappa shape index (κ2) is 5.56. The van der Waals surface area contributed by atoms with Crippen LogP contribution in [0, 0.1) is 7.11 Å². The van der Waals surface area contributed by atoms with E-state index in [-0.39, 0.29) is 32.7 Å². The number of rotatable bonds is 2. The van der Waals surface area contributed by atoms with E-state index < -0.39 is 0 Å². The minimum Gasteiger partial charge on any atom is -0.665 e. The molecule has 0 atom stereocenters. The summed E-state index contributed by atoms with van der Waals surface area (Å²) in [4.78, 5) is 0. The zero-order valence-electron chi connectivity index (χ0n) is 6.41. The van der Waals surface area contributed by atoms with Crippen LogP contribution in [-0.4, -0.2) is 7.11 Å². The fraction of sp³-hybridized carbons (Fsp3) is 0.125. The first-order chi connectivity index (χ1) is 4.86. The average Bonchev–Trinajstić information content (AvgIpc) is 2.05. The Hall–Kier alpha value is -0.0761. The van der Waals surface area contributed by atoms with Gasteiger partial charge in [-0.1, -0.05) is 0 Å². The Bertz CT molecular complexity index is 173. The number of methoxy groups -OCH3 is 1. The van der Waals surface area contributed by atoms with Gasteiger partial charge < -0.3 is 9.47 Å². The molecule has 0 amide bonds. The summed E-state index contributed by atoms with van der Waals surface area (Å²) in [5, 5.41) is 0. The van der Waals surface area contributed by atoms with Gasteiger partial charge in [0.25, 0.3) is 0 Å². The Kier molecular flexibility index (Phi) is 5.52. The van der Waals surface area contributed by atoms with E-state index in [4.69, 9.17) is 9.47 Å². The van der Waals surface area contributed by atoms with E-state index in [9.17, 15) is 0 Å². The van der Waals surface area contributed by atoms with Crippen molar-refractivity contribution in [1.82, 2.24) is 0 Å². The van der Waals surface area contributed by atoms with E-state index in [1.54, 1.807) is 19.2 Å². The summed E-state index contributed by atoms with van der Waals surface area (Å²) in [5.41, 5.74) is 0. The van der Waals surface area contributed by atoms with Crippen molar-refractivity contribution in [2.24, 2.45) is 0 Å². The maximum absolute atomic E-state index is 4.94. The molecular formula is C8H9O2Y-. The molecule has 0 heterocycles. The van der Waals surface area contributed by atoms with E-state index in [1.165, 1.54) is 0 Å². The van der Waals surface area contributed by atoms with Crippen molar-refractivity contribution < 1.29 is 42.2 Å². The molecule has 0 unspecified atom stereocenters. The van der Waals surface area contributed by atoms with Gasteiger partial charge in [0.2, 0.25) is 0 Å². The molecular weight excluding hydrogens is 217 g/mol. The standard InChI is InChI=1S/C8H9O2.Y/c1-9-7-3-5-8(10-2)6-4-7;/h3-6H,1H2,2H3;/q-1;. The van der Waals surface area contributed by atoms with Crippen molar-refractivity contribution >= 4 is 0 Å². The van der Waals surface area contributed by atoms with Crippen molar-refractivity contribution in [2.75, 3.05) is 7.11 Å². The first-order valence-corrected chi connectivity index (χ1v) is 2.93.